The Morgan fingerprint density at radius 2 is 2.28 bits per heavy atom. The van der Waals surface area contributed by atoms with Gasteiger partial charge < -0.3 is 15.3 Å². The van der Waals surface area contributed by atoms with Gasteiger partial charge in [-0.2, -0.15) is 0 Å². The van der Waals surface area contributed by atoms with Crippen molar-refractivity contribution in [1.29, 1.82) is 0 Å². The van der Waals surface area contributed by atoms with Gasteiger partial charge in [0, 0.05) is 19.5 Å². The zero-order chi connectivity index (χ0) is 13.4. The second-order valence-corrected chi connectivity index (χ2v) is 5.39. The van der Waals surface area contributed by atoms with Crippen molar-refractivity contribution in [2.45, 2.75) is 39.5 Å². The zero-order valence-corrected chi connectivity index (χ0v) is 11.8. The van der Waals surface area contributed by atoms with E-state index >= 15 is 0 Å². The van der Waals surface area contributed by atoms with E-state index in [9.17, 15) is 4.79 Å². The highest BCUT2D eigenvalue weighted by molar-refractivity contribution is 5.76. The predicted molar refractivity (Wildman–Crippen MR) is 73.3 cm³/mol. The summed E-state index contributed by atoms with van der Waals surface area (Å²) in [4.78, 5) is 14.0. The third-order valence-electron chi connectivity index (χ3n) is 3.85. The molecule has 106 valence electrons. The minimum Gasteiger partial charge on any atom is -0.395 e. The van der Waals surface area contributed by atoms with Gasteiger partial charge in [-0.1, -0.05) is 13.8 Å². The van der Waals surface area contributed by atoms with Gasteiger partial charge >= 0.3 is 0 Å². The van der Waals surface area contributed by atoms with Crippen molar-refractivity contribution < 1.29 is 9.90 Å². The van der Waals surface area contributed by atoms with E-state index in [0.717, 1.165) is 26.1 Å². The molecule has 0 aromatic carbocycles. The smallest absolute Gasteiger partial charge is 0.222 e. The summed E-state index contributed by atoms with van der Waals surface area (Å²) in [7, 11) is 0. The summed E-state index contributed by atoms with van der Waals surface area (Å²) in [6.07, 6.45) is 4.02. The van der Waals surface area contributed by atoms with Crippen molar-refractivity contribution in [2.75, 3.05) is 32.8 Å². The first-order valence-corrected chi connectivity index (χ1v) is 7.28. The first-order valence-electron chi connectivity index (χ1n) is 7.28. The van der Waals surface area contributed by atoms with Crippen LogP contribution in [-0.4, -0.2) is 48.7 Å². The molecule has 1 aliphatic rings. The van der Waals surface area contributed by atoms with Gasteiger partial charge in [0.05, 0.1) is 6.61 Å². The standard InChI is InChI=1S/C14H28N2O2/c1-3-7-16(8-9-17)14(18)10-12(2)13-5-4-6-15-11-13/h12-13,15,17H,3-11H2,1-2H3. The second-order valence-electron chi connectivity index (χ2n) is 5.39. The lowest BCUT2D eigenvalue weighted by atomic mass is 9.85. The minimum absolute atomic E-state index is 0.0606. The molecule has 18 heavy (non-hydrogen) atoms. The van der Waals surface area contributed by atoms with Crippen molar-refractivity contribution >= 4 is 5.91 Å². The number of nitrogens with zero attached hydrogens (tertiary/aromatic N) is 1. The molecule has 2 N–H and O–H groups in total. The van der Waals surface area contributed by atoms with E-state index in [0.29, 0.717) is 24.8 Å². The van der Waals surface area contributed by atoms with Crippen LogP contribution in [0.5, 0.6) is 0 Å². The Morgan fingerprint density at radius 3 is 2.83 bits per heavy atom. The van der Waals surface area contributed by atoms with Gasteiger partial charge in [0.1, 0.15) is 0 Å². The lowest BCUT2D eigenvalue weighted by molar-refractivity contribution is -0.133. The number of nitrogens with one attached hydrogen (secondary N) is 1. The molecule has 4 heteroatoms. The highest BCUT2D eigenvalue weighted by atomic mass is 16.3. The van der Waals surface area contributed by atoms with Gasteiger partial charge in [-0.3, -0.25) is 4.79 Å². The van der Waals surface area contributed by atoms with E-state index in [1.54, 1.807) is 4.90 Å². The van der Waals surface area contributed by atoms with E-state index < -0.39 is 0 Å². The van der Waals surface area contributed by atoms with Crippen LogP contribution in [0, 0.1) is 11.8 Å². The highest BCUT2D eigenvalue weighted by Gasteiger charge is 2.23. The Morgan fingerprint density at radius 1 is 1.50 bits per heavy atom. The maximum Gasteiger partial charge on any atom is 0.222 e. The summed E-state index contributed by atoms with van der Waals surface area (Å²) >= 11 is 0. The van der Waals surface area contributed by atoms with Crippen LogP contribution in [0.25, 0.3) is 0 Å². The normalized spacial score (nSPS) is 21.6. The molecule has 1 heterocycles. The van der Waals surface area contributed by atoms with Crippen LogP contribution in [-0.2, 0) is 4.79 Å². The molecule has 2 atom stereocenters. The molecule has 0 saturated carbocycles. The van der Waals surface area contributed by atoms with Crippen LogP contribution >= 0.6 is 0 Å². The Bertz CT molecular complexity index is 234. The minimum atomic E-state index is 0.0606. The Kier molecular flexibility index (Phi) is 7.28. The van der Waals surface area contributed by atoms with Gasteiger partial charge in [0.2, 0.25) is 5.91 Å². The molecule has 0 aliphatic carbocycles. The number of hydrogen-bond donors (Lipinski definition) is 2. The lowest BCUT2D eigenvalue weighted by Gasteiger charge is -2.30. The molecular weight excluding hydrogens is 228 g/mol. The molecule has 1 aliphatic heterocycles. The number of carbonyl (C=O) groups is 1. The van der Waals surface area contributed by atoms with Gasteiger partial charge in [0.25, 0.3) is 0 Å². The second kappa shape index (κ2) is 8.48. The Hall–Kier alpha value is -0.610. The average Bonchev–Trinajstić information content (AvgIpc) is 2.39. The third-order valence-corrected chi connectivity index (χ3v) is 3.85. The van der Waals surface area contributed by atoms with Crippen molar-refractivity contribution in [1.82, 2.24) is 10.2 Å². The van der Waals surface area contributed by atoms with E-state index in [1.807, 2.05) is 0 Å². The Labute approximate surface area is 111 Å². The molecule has 0 bridgehead atoms. The van der Waals surface area contributed by atoms with Gasteiger partial charge in [0.15, 0.2) is 0 Å². The number of amides is 1. The molecule has 1 rings (SSSR count). The number of hydrogen-bond acceptors (Lipinski definition) is 3. The van der Waals surface area contributed by atoms with Crippen LogP contribution in [0.4, 0.5) is 0 Å². The highest BCUT2D eigenvalue weighted by Crippen LogP contribution is 2.23. The lowest BCUT2D eigenvalue weighted by Crippen LogP contribution is -2.38. The summed E-state index contributed by atoms with van der Waals surface area (Å²) in [6.45, 7) is 7.69. The summed E-state index contributed by atoms with van der Waals surface area (Å²) < 4.78 is 0. The maximum absolute atomic E-state index is 12.2. The molecule has 4 nitrogen and oxygen atoms in total. The van der Waals surface area contributed by atoms with Crippen LogP contribution in [0.2, 0.25) is 0 Å². The molecule has 1 saturated heterocycles. The summed E-state index contributed by atoms with van der Waals surface area (Å²) in [5.74, 6) is 1.26. The predicted octanol–water partition coefficient (Wildman–Crippen LogP) is 1.24. The molecule has 2 unspecified atom stereocenters. The van der Waals surface area contributed by atoms with Gasteiger partial charge in [-0.05, 0) is 44.2 Å². The number of carbonyl (C=O) groups excluding carboxylic acids is 1. The number of aliphatic hydroxyl groups excluding tert-OH is 1. The summed E-state index contributed by atoms with van der Waals surface area (Å²) in [6, 6.07) is 0. The Balaban J connectivity index is 2.40. The molecule has 0 spiro atoms. The molecule has 1 amide bonds. The van der Waals surface area contributed by atoms with Crippen LogP contribution in [0.3, 0.4) is 0 Å². The van der Waals surface area contributed by atoms with Crippen LogP contribution in [0.1, 0.15) is 39.5 Å². The van der Waals surface area contributed by atoms with Crippen molar-refractivity contribution in [3.8, 4) is 0 Å². The molecular formula is C14H28N2O2. The van der Waals surface area contributed by atoms with E-state index in [2.05, 4.69) is 19.2 Å². The number of rotatable bonds is 7. The third kappa shape index (κ3) is 4.94. The number of aliphatic hydroxyl groups is 1. The van der Waals surface area contributed by atoms with Gasteiger partial charge in [-0.25, -0.2) is 0 Å². The van der Waals surface area contributed by atoms with Crippen LogP contribution in [0.15, 0.2) is 0 Å². The van der Waals surface area contributed by atoms with Crippen molar-refractivity contribution in [3.05, 3.63) is 0 Å². The van der Waals surface area contributed by atoms with E-state index in [1.165, 1.54) is 12.8 Å². The first-order chi connectivity index (χ1) is 8.69. The fourth-order valence-corrected chi connectivity index (χ4v) is 2.69. The first kappa shape index (κ1) is 15.4. The number of piperidine rings is 1. The fourth-order valence-electron chi connectivity index (χ4n) is 2.69. The average molecular weight is 256 g/mol. The quantitative estimate of drug-likeness (QED) is 0.720. The molecule has 0 radical (unpaired) electrons. The van der Waals surface area contributed by atoms with E-state index in [4.69, 9.17) is 5.11 Å². The fraction of sp³-hybridized carbons (Fsp3) is 0.929. The summed E-state index contributed by atoms with van der Waals surface area (Å²) in [5, 5.41) is 12.4. The van der Waals surface area contributed by atoms with Crippen molar-refractivity contribution in [2.24, 2.45) is 11.8 Å². The summed E-state index contributed by atoms with van der Waals surface area (Å²) in [5.41, 5.74) is 0. The molecule has 1 fully saturated rings. The molecule has 0 aromatic heterocycles. The monoisotopic (exact) mass is 256 g/mol. The zero-order valence-electron chi connectivity index (χ0n) is 11.8. The molecule has 0 aromatic rings. The SMILES string of the molecule is CCCN(CCO)C(=O)CC(C)C1CCCNC1. The maximum atomic E-state index is 12.2. The largest absolute Gasteiger partial charge is 0.395 e. The topological polar surface area (TPSA) is 52.6 Å². The van der Waals surface area contributed by atoms with Crippen LogP contribution < -0.4 is 5.32 Å². The van der Waals surface area contributed by atoms with E-state index in [-0.39, 0.29) is 12.5 Å². The van der Waals surface area contributed by atoms with Crippen molar-refractivity contribution in [3.63, 3.8) is 0 Å². The van der Waals surface area contributed by atoms with Gasteiger partial charge in [-0.15, -0.1) is 0 Å².